The molecule has 0 saturated carbocycles. The van der Waals surface area contributed by atoms with Crippen LogP contribution in [0.1, 0.15) is 48.1 Å². The van der Waals surface area contributed by atoms with Crippen molar-refractivity contribution in [2.24, 2.45) is 0 Å². The smallest absolute Gasteiger partial charge is 0.348 e. The third-order valence-electron chi connectivity index (χ3n) is 3.92. The highest BCUT2D eigenvalue weighted by Crippen LogP contribution is 2.17. The SMILES string of the molecule is CCOC(=O)c1cccc(NC(=O)C(CC)n2c(C)cc(C)nc2=O)c1. The van der Waals surface area contributed by atoms with Gasteiger partial charge in [-0.15, -0.1) is 0 Å². The summed E-state index contributed by atoms with van der Waals surface area (Å²) in [4.78, 5) is 40.7. The monoisotopic (exact) mass is 357 g/mol. The lowest BCUT2D eigenvalue weighted by molar-refractivity contribution is -0.119. The molecule has 2 aromatic rings. The second kappa shape index (κ2) is 8.42. The number of carbonyl (C=O) groups excluding carboxylic acids is 2. The van der Waals surface area contributed by atoms with Crippen LogP contribution in [-0.4, -0.2) is 28.0 Å². The standard InChI is InChI=1S/C19H23N3O4/c1-5-16(22-13(4)10-12(3)20-19(22)25)17(23)21-15-9-7-8-14(11-15)18(24)26-6-2/h7-11,16H,5-6H2,1-4H3,(H,21,23). The maximum atomic E-state index is 12.7. The van der Waals surface area contributed by atoms with E-state index in [0.717, 1.165) is 0 Å². The molecule has 7 nitrogen and oxygen atoms in total. The molecule has 2 rings (SSSR count). The van der Waals surface area contributed by atoms with Crippen LogP contribution in [0.4, 0.5) is 5.69 Å². The first-order valence-electron chi connectivity index (χ1n) is 8.52. The van der Waals surface area contributed by atoms with E-state index in [0.29, 0.717) is 29.1 Å². The Kier molecular flexibility index (Phi) is 6.27. The first-order chi connectivity index (χ1) is 12.4. The van der Waals surface area contributed by atoms with E-state index >= 15 is 0 Å². The van der Waals surface area contributed by atoms with E-state index in [1.54, 1.807) is 51.1 Å². The van der Waals surface area contributed by atoms with Gasteiger partial charge in [0.2, 0.25) is 5.91 Å². The molecule has 1 aromatic heterocycles. The topological polar surface area (TPSA) is 90.3 Å². The average molecular weight is 357 g/mol. The summed E-state index contributed by atoms with van der Waals surface area (Å²) in [5.41, 5.74) is 1.64. The number of hydrogen-bond acceptors (Lipinski definition) is 5. The van der Waals surface area contributed by atoms with Gasteiger partial charge in [-0.2, -0.15) is 4.98 Å². The van der Waals surface area contributed by atoms with Crippen molar-refractivity contribution in [3.8, 4) is 0 Å². The number of hydrogen-bond donors (Lipinski definition) is 1. The van der Waals surface area contributed by atoms with E-state index in [1.165, 1.54) is 4.57 Å². The third kappa shape index (κ3) is 4.36. The molecule has 0 aliphatic rings. The molecule has 1 atom stereocenters. The van der Waals surface area contributed by atoms with Gasteiger partial charge in [-0.05, 0) is 51.5 Å². The number of ether oxygens (including phenoxy) is 1. The fourth-order valence-corrected chi connectivity index (χ4v) is 2.79. The average Bonchev–Trinajstić information content (AvgIpc) is 2.58. The number of rotatable bonds is 6. The summed E-state index contributed by atoms with van der Waals surface area (Å²) in [5, 5.41) is 2.76. The number of esters is 1. The molecule has 0 fully saturated rings. The predicted molar refractivity (Wildman–Crippen MR) is 98.3 cm³/mol. The number of nitrogens with zero attached hydrogens (tertiary/aromatic N) is 2. The van der Waals surface area contributed by atoms with Crippen LogP contribution in [0.3, 0.4) is 0 Å². The molecule has 0 radical (unpaired) electrons. The molecule has 1 unspecified atom stereocenters. The summed E-state index contributed by atoms with van der Waals surface area (Å²) < 4.78 is 6.35. The minimum Gasteiger partial charge on any atom is -0.462 e. The lowest BCUT2D eigenvalue weighted by atomic mass is 10.1. The van der Waals surface area contributed by atoms with Crippen LogP contribution in [-0.2, 0) is 9.53 Å². The van der Waals surface area contributed by atoms with Gasteiger partial charge >= 0.3 is 11.7 Å². The summed E-state index contributed by atoms with van der Waals surface area (Å²) >= 11 is 0. The zero-order chi connectivity index (χ0) is 19.3. The number of benzene rings is 1. The van der Waals surface area contributed by atoms with Crippen LogP contribution in [0.15, 0.2) is 35.1 Å². The molecule has 0 aliphatic carbocycles. The molecule has 0 bridgehead atoms. The maximum Gasteiger partial charge on any atom is 0.348 e. The normalized spacial score (nSPS) is 11.7. The fourth-order valence-electron chi connectivity index (χ4n) is 2.79. The molecule has 1 aromatic carbocycles. The molecule has 1 amide bonds. The summed E-state index contributed by atoms with van der Waals surface area (Å²) in [7, 11) is 0. The van der Waals surface area contributed by atoms with Crippen LogP contribution >= 0.6 is 0 Å². The predicted octanol–water partition coefficient (Wildman–Crippen LogP) is 2.63. The minimum absolute atomic E-state index is 0.274. The zero-order valence-corrected chi connectivity index (χ0v) is 15.4. The zero-order valence-electron chi connectivity index (χ0n) is 15.4. The lowest BCUT2D eigenvalue weighted by Crippen LogP contribution is -2.36. The van der Waals surface area contributed by atoms with Crippen molar-refractivity contribution in [3.63, 3.8) is 0 Å². The molecule has 7 heteroatoms. The number of nitrogens with one attached hydrogen (secondary N) is 1. The number of carbonyl (C=O) groups is 2. The van der Waals surface area contributed by atoms with Crippen molar-refractivity contribution in [1.82, 2.24) is 9.55 Å². The molecule has 138 valence electrons. The van der Waals surface area contributed by atoms with Crippen molar-refractivity contribution < 1.29 is 14.3 Å². The highest BCUT2D eigenvalue weighted by Gasteiger charge is 2.22. The number of anilines is 1. The largest absolute Gasteiger partial charge is 0.462 e. The van der Waals surface area contributed by atoms with Gasteiger partial charge in [-0.1, -0.05) is 13.0 Å². The van der Waals surface area contributed by atoms with Crippen molar-refractivity contribution in [2.75, 3.05) is 11.9 Å². The number of aromatic nitrogens is 2. The van der Waals surface area contributed by atoms with Gasteiger partial charge in [-0.3, -0.25) is 9.36 Å². The highest BCUT2D eigenvalue weighted by molar-refractivity contribution is 5.96. The van der Waals surface area contributed by atoms with E-state index in [1.807, 2.05) is 6.92 Å². The third-order valence-corrected chi connectivity index (χ3v) is 3.92. The molecular weight excluding hydrogens is 334 g/mol. The fraction of sp³-hybridized carbons (Fsp3) is 0.368. The minimum atomic E-state index is -0.693. The molecule has 26 heavy (non-hydrogen) atoms. The Morgan fingerprint density at radius 1 is 1.23 bits per heavy atom. The van der Waals surface area contributed by atoms with E-state index < -0.39 is 17.7 Å². The Balaban J connectivity index is 2.27. The molecule has 0 aliphatic heterocycles. The van der Waals surface area contributed by atoms with Gasteiger partial charge < -0.3 is 10.1 Å². The second-order valence-corrected chi connectivity index (χ2v) is 5.91. The maximum absolute atomic E-state index is 12.7. The molecular formula is C19H23N3O4. The van der Waals surface area contributed by atoms with Crippen LogP contribution in [0, 0.1) is 13.8 Å². The Hall–Kier alpha value is -2.96. The van der Waals surface area contributed by atoms with Gasteiger partial charge in [0.15, 0.2) is 0 Å². The summed E-state index contributed by atoms with van der Waals surface area (Å²) in [6.45, 7) is 7.33. The Morgan fingerprint density at radius 3 is 2.58 bits per heavy atom. The van der Waals surface area contributed by atoms with Crippen LogP contribution < -0.4 is 11.0 Å². The first kappa shape index (κ1) is 19.4. The summed E-state index contributed by atoms with van der Waals surface area (Å²) in [6, 6.07) is 7.57. The van der Waals surface area contributed by atoms with E-state index in [9.17, 15) is 14.4 Å². The lowest BCUT2D eigenvalue weighted by Gasteiger charge is -2.20. The van der Waals surface area contributed by atoms with Crippen molar-refractivity contribution in [1.29, 1.82) is 0 Å². The highest BCUT2D eigenvalue weighted by atomic mass is 16.5. The van der Waals surface area contributed by atoms with Gasteiger partial charge in [0.05, 0.1) is 12.2 Å². The molecule has 0 spiro atoms. The molecule has 1 heterocycles. The van der Waals surface area contributed by atoms with Gasteiger partial charge in [-0.25, -0.2) is 9.59 Å². The van der Waals surface area contributed by atoms with E-state index in [4.69, 9.17) is 4.74 Å². The second-order valence-electron chi connectivity index (χ2n) is 5.91. The van der Waals surface area contributed by atoms with Crippen molar-refractivity contribution >= 4 is 17.6 Å². The van der Waals surface area contributed by atoms with Gasteiger partial charge in [0.25, 0.3) is 0 Å². The van der Waals surface area contributed by atoms with E-state index in [2.05, 4.69) is 10.3 Å². The van der Waals surface area contributed by atoms with Crippen LogP contribution in [0.25, 0.3) is 0 Å². The van der Waals surface area contributed by atoms with Gasteiger partial charge in [0, 0.05) is 17.1 Å². The summed E-state index contributed by atoms with van der Waals surface area (Å²) in [5.74, 6) is -0.796. The van der Waals surface area contributed by atoms with Crippen LogP contribution in [0.5, 0.6) is 0 Å². The number of aryl methyl sites for hydroxylation is 2. The summed E-state index contributed by atoms with van der Waals surface area (Å²) in [6.07, 6.45) is 0.425. The van der Waals surface area contributed by atoms with Crippen LogP contribution in [0.2, 0.25) is 0 Å². The number of amides is 1. The quantitative estimate of drug-likeness (QED) is 0.803. The molecule has 1 N–H and O–H groups in total. The Bertz CT molecular complexity index is 873. The Labute approximate surface area is 152 Å². The van der Waals surface area contributed by atoms with Gasteiger partial charge in [0.1, 0.15) is 6.04 Å². The van der Waals surface area contributed by atoms with Crippen molar-refractivity contribution in [3.05, 3.63) is 57.8 Å². The Morgan fingerprint density at radius 2 is 1.96 bits per heavy atom. The van der Waals surface area contributed by atoms with E-state index in [-0.39, 0.29) is 12.5 Å². The van der Waals surface area contributed by atoms with Crippen molar-refractivity contribution in [2.45, 2.75) is 40.2 Å². The molecule has 0 saturated heterocycles. The first-order valence-corrected chi connectivity index (χ1v) is 8.52.